The van der Waals surface area contributed by atoms with Crippen molar-refractivity contribution in [2.45, 2.75) is 135 Å². The second kappa shape index (κ2) is 13.5. The van der Waals surface area contributed by atoms with Gasteiger partial charge >= 0.3 is 5.97 Å². The standard InChI is InChI=1S/C47H59F2N3O8/c1-23-18-31-30-14-11-27-19-29(53)15-16-44(27,6)46(30,49)33(54)20-45(31,7)47(23,58)42(57)43(4,5)60-41(56)35-25(3)52(28-12-13-28)37-34(39(35)55)24(2)36(48)38(40(37)59-8)51-21-26-10-9-17-50-32(26)22-51/h15-16,19,23,26,28,30-33,50,54,58H,9-14,17-18,20-22H2,1-8H3/t23-,26?,30+,31+,32?,33+,44+,45+,46+,47+/m1/s1. The molecule has 1 aromatic heterocycles. The predicted octanol–water partition coefficient (Wildman–Crippen LogP) is 6.14. The summed E-state index contributed by atoms with van der Waals surface area (Å²) in [5.74, 6) is -4.07. The first-order valence-corrected chi connectivity index (χ1v) is 21.9. The smallest absolute Gasteiger partial charge is 0.344 e. The van der Waals surface area contributed by atoms with E-state index in [0.29, 0.717) is 54.3 Å². The molecule has 0 spiro atoms. The number of nitrogens with one attached hydrogen (secondary N) is 1. The lowest BCUT2D eigenvalue weighted by Crippen LogP contribution is -2.70. The summed E-state index contributed by atoms with van der Waals surface area (Å²) in [5.41, 5.74) is -8.16. The van der Waals surface area contributed by atoms with Crippen LogP contribution in [-0.4, -0.2) is 88.1 Å². The molecule has 10 atom stereocenters. The average Bonchev–Trinajstić information content (AvgIpc) is 3.90. The van der Waals surface area contributed by atoms with Crippen LogP contribution in [0.15, 0.2) is 28.6 Å². The number of Topliss-reactive ketones (excluding diaryl/α,β-unsaturated/α-hetero) is 1. The van der Waals surface area contributed by atoms with Gasteiger partial charge in [-0.15, -0.1) is 0 Å². The van der Waals surface area contributed by atoms with Crippen molar-refractivity contribution in [1.82, 2.24) is 9.88 Å². The van der Waals surface area contributed by atoms with E-state index in [0.717, 1.165) is 32.2 Å². The van der Waals surface area contributed by atoms with E-state index < -0.39 is 74.6 Å². The second-order valence-corrected chi connectivity index (χ2v) is 20.2. The molecule has 2 unspecified atom stereocenters. The van der Waals surface area contributed by atoms with Crippen LogP contribution < -0.4 is 20.4 Å². The molecule has 13 heteroatoms. The number of aryl methyl sites for hydroxylation is 1. The number of alkyl halides is 1. The number of methoxy groups -OCH3 is 1. The number of hydrogen-bond donors (Lipinski definition) is 3. The fraction of sp³-hybridized carbons (Fsp3) is 0.660. The highest BCUT2D eigenvalue weighted by Gasteiger charge is 2.76. The summed E-state index contributed by atoms with van der Waals surface area (Å²) in [6, 6.07) is 0.135. The van der Waals surface area contributed by atoms with E-state index in [1.807, 2.05) is 9.47 Å². The van der Waals surface area contributed by atoms with Crippen LogP contribution >= 0.6 is 0 Å². The zero-order valence-corrected chi connectivity index (χ0v) is 36.0. The summed E-state index contributed by atoms with van der Waals surface area (Å²) in [6.45, 7) is 13.3. The van der Waals surface area contributed by atoms with E-state index in [-0.39, 0.29) is 53.0 Å². The van der Waals surface area contributed by atoms with Gasteiger partial charge in [0.2, 0.25) is 11.2 Å². The van der Waals surface area contributed by atoms with Gasteiger partial charge in [-0.1, -0.05) is 25.5 Å². The zero-order valence-electron chi connectivity index (χ0n) is 36.0. The first-order chi connectivity index (χ1) is 28.2. The van der Waals surface area contributed by atoms with Crippen LogP contribution in [0.3, 0.4) is 0 Å². The summed E-state index contributed by atoms with van der Waals surface area (Å²) in [6.07, 6.45) is 7.22. The van der Waals surface area contributed by atoms with Gasteiger partial charge in [-0.25, -0.2) is 13.6 Å². The number of rotatable bonds is 7. The maximum Gasteiger partial charge on any atom is 0.344 e. The molecule has 0 bridgehead atoms. The number of halogens is 2. The molecular formula is C47H59F2N3O8. The van der Waals surface area contributed by atoms with Crippen molar-refractivity contribution in [2.75, 3.05) is 31.6 Å². The highest BCUT2D eigenvalue weighted by Crippen LogP contribution is 2.71. The van der Waals surface area contributed by atoms with Gasteiger partial charge in [0, 0.05) is 53.2 Å². The highest BCUT2D eigenvalue weighted by atomic mass is 19.1. The van der Waals surface area contributed by atoms with E-state index in [4.69, 9.17) is 9.47 Å². The number of allylic oxidation sites excluding steroid dienone is 4. The maximum absolute atomic E-state index is 17.8. The first kappa shape index (κ1) is 41.4. The van der Waals surface area contributed by atoms with Crippen LogP contribution in [0.1, 0.15) is 114 Å². The highest BCUT2D eigenvalue weighted by molar-refractivity contribution is 6.03. The Morgan fingerprint density at radius 2 is 1.78 bits per heavy atom. The van der Waals surface area contributed by atoms with Crippen LogP contribution in [0.4, 0.5) is 14.5 Å². The Kier molecular flexibility index (Phi) is 9.34. The third-order valence-electron chi connectivity index (χ3n) is 16.7. The Labute approximate surface area is 349 Å². The molecule has 7 aliphatic rings. The largest absolute Gasteiger partial charge is 0.492 e. The Morgan fingerprint density at radius 1 is 1.07 bits per heavy atom. The number of pyridine rings is 1. The molecule has 2 aromatic rings. The number of nitrogens with zero attached hydrogens (tertiary/aromatic N) is 2. The fourth-order valence-corrected chi connectivity index (χ4v) is 13.4. The number of carbonyl (C=O) groups is 3. The minimum atomic E-state index is -2.16. The van der Waals surface area contributed by atoms with E-state index in [1.165, 1.54) is 33.1 Å². The molecule has 0 radical (unpaired) electrons. The van der Waals surface area contributed by atoms with Crippen LogP contribution in [0.2, 0.25) is 0 Å². The molecule has 9 rings (SSSR count). The second-order valence-electron chi connectivity index (χ2n) is 20.2. The van der Waals surface area contributed by atoms with E-state index in [2.05, 4.69) is 5.32 Å². The number of aliphatic hydroxyl groups is 2. The number of anilines is 1. The van der Waals surface area contributed by atoms with Crippen LogP contribution in [0.25, 0.3) is 10.9 Å². The summed E-state index contributed by atoms with van der Waals surface area (Å²) in [4.78, 5) is 58.5. The lowest BCUT2D eigenvalue weighted by Gasteiger charge is -2.62. The lowest BCUT2D eigenvalue weighted by atomic mass is 9.44. The number of aliphatic hydroxyl groups excluding tert-OH is 1. The molecule has 324 valence electrons. The first-order valence-electron chi connectivity index (χ1n) is 21.9. The number of hydrogen-bond acceptors (Lipinski definition) is 10. The Morgan fingerprint density at radius 3 is 2.45 bits per heavy atom. The van der Waals surface area contributed by atoms with Gasteiger partial charge in [0.05, 0.1) is 24.1 Å². The summed E-state index contributed by atoms with van der Waals surface area (Å²) < 4.78 is 48.6. The van der Waals surface area contributed by atoms with Gasteiger partial charge in [-0.3, -0.25) is 14.4 Å². The molecule has 6 fully saturated rings. The predicted molar refractivity (Wildman–Crippen MR) is 222 cm³/mol. The normalized spacial score (nSPS) is 37.3. The Bertz CT molecular complexity index is 2350. The number of esters is 1. The minimum Gasteiger partial charge on any atom is -0.492 e. The summed E-state index contributed by atoms with van der Waals surface area (Å²) in [7, 11) is 1.47. The van der Waals surface area contributed by atoms with E-state index >= 15 is 8.78 Å². The minimum absolute atomic E-state index is 0.0112. The Hall–Kier alpha value is -3.94. The monoisotopic (exact) mass is 831 g/mol. The van der Waals surface area contributed by atoms with Crippen molar-refractivity contribution < 1.29 is 42.9 Å². The zero-order chi connectivity index (χ0) is 43.2. The molecule has 1 aromatic carbocycles. The van der Waals surface area contributed by atoms with E-state index in [9.17, 15) is 29.4 Å². The number of ether oxygens (including phenoxy) is 2. The number of aromatic nitrogens is 1. The van der Waals surface area contributed by atoms with Gasteiger partial charge in [-0.05, 0) is 122 Å². The molecule has 2 saturated heterocycles. The van der Waals surface area contributed by atoms with Crippen molar-refractivity contribution in [2.24, 2.45) is 34.5 Å². The average molecular weight is 832 g/mol. The third kappa shape index (κ3) is 5.33. The number of fused-ring (bicyclic) bond motifs is 7. The number of piperidine rings is 1. The third-order valence-corrected chi connectivity index (χ3v) is 16.7. The van der Waals surface area contributed by atoms with Crippen LogP contribution in [0, 0.1) is 54.2 Å². The van der Waals surface area contributed by atoms with Gasteiger partial charge in [0.1, 0.15) is 16.9 Å². The van der Waals surface area contributed by atoms with Crippen molar-refractivity contribution in [1.29, 1.82) is 0 Å². The molecule has 2 aliphatic heterocycles. The molecule has 3 heterocycles. The molecule has 0 amide bonds. The molecule has 11 nitrogen and oxygen atoms in total. The maximum atomic E-state index is 17.8. The van der Waals surface area contributed by atoms with E-state index in [1.54, 1.807) is 40.7 Å². The molecule has 5 aliphatic carbocycles. The van der Waals surface area contributed by atoms with Crippen molar-refractivity contribution in [3.63, 3.8) is 0 Å². The van der Waals surface area contributed by atoms with Crippen molar-refractivity contribution >= 4 is 34.1 Å². The summed E-state index contributed by atoms with van der Waals surface area (Å²) in [5, 5.41) is 28.3. The van der Waals surface area contributed by atoms with Gasteiger partial charge < -0.3 is 34.5 Å². The van der Waals surface area contributed by atoms with Gasteiger partial charge in [-0.2, -0.15) is 0 Å². The number of carbonyl (C=O) groups excluding carboxylic acids is 3. The SMILES string of the molecule is COc1c(N2CC3CCCNC3C2)c(F)c(C)c2c(=O)c(C(=O)OC(C)(C)C(=O)[C@@]3(O)[C@H](C)C[C@H]4[C@@H]5CCC6=CC(=O)C=C[C@]6(C)[C@@]5(F)[C@@H](O)C[C@@]43C)c(C)n(C3CC3)c12. The molecule has 60 heavy (non-hydrogen) atoms. The fourth-order valence-electron chi connectivity index (χ4n) is 13.4. The van der Waals surface area contributed by atoms with Crippen LogP contribution in [0.5, 0.6) is 5.75 Å². The van der Waals surface area contributed by atoms with Crippen molar-refractivity contribution in [3.8, 4) is 5.75 Å². The molecular weight excluding hydrogens is 773 g/mol. The Balaban J connectivity index is 1.07. The van der Waals surface area contributed by atoms with Crippen molar-refractivity contribution in [3.05, 3.63) is 56.7 Å². The molecule has 3 N–H and O–H groups in total. The van der Waals surface area contributed by atoms with Gasteiger partial charge in [0.25, 0.3) is 0 Å². The molecule has 4 saturated carbocycles. The van der Waals surface area contributed by atoms with Crippen LogP contribution in [-0.2, 0) is 14.3 Å². The topological polar surface area (TPSA) is 147 Å². The number of benzene rings is 1. The lowest BCUT2D eigenvalue weighted by molar-refractivity contribution is -0.223. The van der Waals surface area contributed by atoms with Gasteiger partial charge in [0.15, 0.2) is 28.6 Å². The number of ketones is 2. The quantitative estimate of drug-likeness (QED) is 0.278. The summed E-state index contributed by atoms with van der Waals surface area (Å²) >= 11 is 0.